The van der Waals surface area contributed by atoms with Crippen molar-refractivity contribution >= 4 is 15.9 Å². The van der Waals surface area contributed by atoms with Gasteiger partial charge in [-0.3, -0.25) is 4.79 Å². The lowest BCUT2D eigenvalue weighted by atomic mass is 9.99. The van der Waals surface area contributed by atoms with Crippen LogP contribution in [0.15, 0.2) is 0 Å². The molecule has 1 fully saturated rings. The van der Waals surface area contributed by atoms with Crippen LogP contribution in [0.25, 0.3) is 0 Å². The van der Waals surface area contributed by atoms with Crippen molar-refractivity contribution in [3.05, 3.63) is 0 Å². The van der Waals surface area contributed by atoms with E-state index in [1.807, 2.05) is 6.92 Å². The van der Waals surface area contributed by atoms with Crippen molar-refractivity contribution in [2.24, 2.45) is 5.92 Å². The van der Waals surface area contributed by atoms with Gasteiger partial charge in [0.1, 0.15) is 0 Å². The average molecular weight is 234 g/mol. The zero-order valence-electron chi connectivity index (χ0n) is 9.19. The maximum absolute atomic E-state index is 11.5. The van der Waals surface area contributed by atoms with Crippen LogP contribution in [-0.4, -0.2) is 44.5 Å². The lowest BCUT2D eigenvalue weighted by molar-refractivity contribution is -0.125. The van der Waals surface area contributed by atoms with E-state index in [0.717, 1.165) is 12.8 Å². The maximum Gasteiger partial charge on any atom is 0.224 e. The molecule has 1 saturated heterocycles. The van der Waals surface area contributed by atoms with E-state index in [4.69, 9.17) is 0 Å². The second-order valence-electron chi connectivity index (χ2n) is 3.85. The molecule has 0 radical (unpaired) electrons. The number of nitrogens with one attached hydrogen (secondary N) is 1. The third-order valence-corrected chi connectivity index (χ3v) is 3.84. The van der Waals surface area contributed by atoms with Crippen LogP contribution in [0.3, 0.4) is 0 Å². The van der Waals surface area contributed by atoms with Crippen molar-refractivity contribution < 1.29 is 13.2 Å². The highest BCUT2D eigenvalue weighted by molar-refractivity contribution is 7.88. The number of carbonyl (C=O) groups is 1. The van der Waals surface area contributed by atoms with E-state index in [9.17, 15) is 13.2 Å². The summed E-state index contributed by atoms with van der Waals surface area (Å²) in [6.45, 7) is 3.31. The van der Waals surface area contributed by atoms with E-state index in [0.29, 0.717) is 19.6 Å². The lowest BCUT2D eigenvalue weighted by Crippen LogP contribution is -2.45. The smallest absolute Gasteiger partial charge is 0.224 e. The molecule has 5 nitrogen and oxygen atoms in total. The van der Waals surface area contributed by atoms with Crippen LogP contribution in [0.1, 0.15) is 19.8 Å². The van der Waals surface area contributed by atoms with Gasteiger partial charge < -0.3 is 5.32 Å². The van der Waals surface area contributed by atoms with Crippen LogP contribution >= 0.6 is 0 Å². The Morgan fingerprint density at radius 3 is 2.73 bits per heavy atom. The zero-order valence-corrected chi connectivity index (χ0v) is 10.0. The molecule has 0 bridgehead atoms. The monoisotopic (exact) mass is 234 g/mol. The third kappa shape index (κ3) is 3.46. The molecule has 0 unspecified atom stereocenters. The molecule has 1 N–H and O–H groups in total. The molecule has 1 aliphatic rings. The van der Waals surface area contributed by atoms with Gasteiger partial charge in [-0.2, -0.15) is 0 Å². The van der Waals surface area contributed by atoms with Crippen LogP contribution in [0.2, 0.25) is 0 Å². The predicted molar refractivity (Wildman–Crippen MR) is 57.8 cm³/mol. The van der Waals surface area contributed by atoms with E-state index < -0.39 is 10.0 Å². The van der Waals surface area contributed by atoms with Gasteiger partial charge in [-0.1, -0.05) is 0 Å². The summed E-state index contributed by atoms with van der Waals surface area (Å²) in [6.07, 6.45) is 2.72. The van der Waals surface area contributed by atoms with Crippen molar-refractivity contribution in [1.29, 1.82) is 0 Å². The maximum atomic E-state index is 11.5. The van der Waals surface area contributed by atoms with E-state index >= 15 is 0 Å². The van der Waals surface area contributed by atoms with Crippen LogP contribution in [0.5, 0.6) is 0 Å². The van der Waals surface area contributed by atoms with Crippen molar-refractivity contribution in [2.75, 3.05) is 25.9 Å². The normalized spacial score (nSPS) is 23.7. The molecule has 1 heterocycles. The SMILES string of the molecule is CCNC(=O)[C@@H]1CCCN(S(C)(=O)=O)C1. The molecular formula is C9H18N2O3S. The molecule has 0 spiro atoms. The van der Waals surface area contributed by atoms with E-state index in [1.54, 1.807) is 0 Å². The van der Waals surface area contributed by atoms with Gasteiger partial charge in [-0.05, 0) is 19.8 Å². The molecule has 1 atom stereocenters. The van der Waals surface area contributed by atoms with Crippen LogP contribution in [0.4, 0.5) is 0 Å². The summed E-state index contributed by atoms with van der Waals surface area (Å²) in [4.78, 5) is 11.5. The van der Waals surface area contributed by atoms with Crippen molar-refractivity contribution in [3.8, 4) is 0 Å². The van der Waals surface area contributed by atoms with E-state index in [-0.39, 0.29) is 11.8 Å². The van der Waals surface area contributed by atoms with Crippen LogP contribution in [-0.2, 0) is 14.8 Å². The standard InChI is InChI=1S/C9H18N2O3S/c1-3-10-9(12)8-5-4-6-11(7-8)15(2,13)14/h8H,3-7H2,1-2H3,(H,10,12)/t8-/m1/s1. The van der Waals surface area contributed by atoms with Crippen molar-refractivity contribution in [2.45, 2.75) is 19.8 Å². The Labute approximate surface area is 90.9 Å². The Bertz CT molecular complexity index is 326. The molecule has 1 aliphatic heterocycles. The van der Waals surface area contributed by atoms with Crippen molar-refractivity contribution in [3.63, 3.8) is 0 Å². The molecule has 0 aliphatic carbocycles. The molecule has 0 aromatic carbocycles. The Morgan fingerprint density at radius 1 is 1.53 bits per heavy atom. The number of piperidine rings is 1. The molecule has 88 valence electrons. The first-order valence-corrected chi connectivity index (χ1v) is 7.02. The van der Waals surface area contributed by atoms with Crippen molar-refractivity contribution in [1.82, 2.24) is 9.62 Å². The zero-order chi connectivity index (χ0) is 11.5. The van der Waals surface area contributed by atoms with Gasteiger partial charge in [-0.25, -0.2) is 12.7 Å². The minimum Gasteiger partial charge on any atom is -0.356 e. The molecule has 6 heteroatoms. The number of amides is 1. The number of rotatable bonds is 3. The Hall–Kier alpha value is -0.620. The summed E-state index contributed by atoms with van der Waals surface area (Å²) < 4.78 is 24.0. The van der Waals surface area contributed by atoms with E-state index in [1.165, 1.54) is 10.6 Å². The molecule has 1 rings (SSSR count). The first-order chi connectivity index (χ1) is 6.95. The fourth-order valence-electron chi connectivity index (χ4n) is 1.78. The summed E-state index contributed by atoms with van der Waals surface area (Å²) in [5.74, 6) is -0.223. The number of hydrogen-bond acceptors (Lipinski definition) is 3. The largest absolute Gasteiger partial charge is 0.356 e. The Kier molecular flexibility index (Phi) is 4.10. The van der Waals surface area contributed by atoms with Gasteiger partial charge in [0.15, 0.2) is 0 Å². The first kappa shape index (κ1) is 12.4. The average Bonchev–Trinajstić information content (AvgIpc) is 2.17. The highest BCUT2D eigenvalue weighted by Crippen LogP contribution is 2.18. The second-order valence-corrected chi connectivity index (χ2v) is 5.84. The molecule has 15 heavy (non-hydrogen) atoms. The number of hydrogen-bond donors (Lipinski definition) is 1. The number of nitrogens with zero attached hydrogens (tertiary/aromatic N) is 1. The quantitative estimate of drug-likeness (QED) is 0.735. The van der Waals surface area contributed by atoms with Gasteiger partial charge in [-0.15, -0.1) is 0 Å². The Balaban J connectivity index is 2.60. The van der Waals surface area contributed by atoms with E-state index in [2.05, 4.69) is 5.32 Å². The molecule has 0 aromatic heterocycles. The molecule has 0 saturated carbocycles. The summed E-state index contributed by atoms with van der Waals surface area (Å²) in [5.41, 5.74) is 0. The Morgan fingerprint density at radius 2 is 2.20 bits per heavy atom. The van der Waals surface area contributed by atoms with Gasteiger partial charge in [0, 0.05) is 19.6 Å². The van der Waals surface area contributed by atoms with Gasteiger partial charge in [0.05, 0.1) is 12.2 Å². The predicted octanol–water partition coefficient (Wildman–Crippen LogP) is -0.206. The highest BCUT2D eigenvalue weighted by atomic mass is 32.2. The molecule has 0 aromatic rings. The van der Waals surface area contributed by atoms with Crippen LogP contribution < -0.4 is 5.32 Å². The fraction of sp³-hybridized carbons (Fsp3) is 0.889. The van der Waals surface area contributed by atoms with Gasteiger partial charge in [0.2, 0.25) is 15.9 Å². The highest BCUT2D eigenvalue weighted by Gasteiger charge is 2.29. The minimum atomic E-state index is -3.15. The van der Waals surface area contributed by atoms with Crippen LogP contribution in [0, 0.1) is 5.92 Å². The third-order valence-electron chi connectivity index (χ3n) is 2.57. The summed E-state index contributed by atoms with van der Waals surface area (Å²) in [5, 5.41) is 2.73. The molecular weight excluding hydrogens is 216 g/mol. The number of sulfonamides is 1. The lowest BCUT2D eigenvalue weighted by Gasteiger charge is -2.29. The molecule has 1 amide bonds. The topological polar surface area (TPSA) is 66.5 Å². The second kappa shape index (κ2) is 4.94. The fourth-order valence-corrected chi connectivity index (χ4v) is 2.69. The summed E-state index contributed by atoms with van der Waals surface area (Å²) >= 11 is 0. The summed E-state index contributed by atoms with van der Waals surface area (Å²) in [6, 6.07) is 0. The van der Waals surface area contributed by atoms with Gasteiger partial charge in [0.25, 0.3) is 0 Å². The number of carbonyl (C=O) groups excluding carboxylic acids is 1. The minimum absolute atomic E-state index is 0.0362. The van der Waals surface area contributed by atoms with Gasteiger partial charge >= 0.3 is 0 Å². The summed E-state index contributed by atoms with van der Waals surface area (Å²) in [7, 11) is -3.15. The first-order valence-electron chi connectivity index (χ1n) is 5.18.